The molecule has 0 aliphatic carbocycles. The Kier molecular flexibility index (Phi) is 4.70. The molecule has 0 radical (unpaired) electrons. The summed E-state index contributed by atoms with van der Waals surface area (Å²) in [5.41, 5.74) is 3.03. The van der Waals surface area contributed by atoms with Gasteiger partial charge in [-0.3, -0.25) is 4.90 Å². The summed E-state index contributed by atoms with van der Waals surface area (Å²) in [6.45, 7) is 5.25. The number of para-hydroxylation sites is 2. The van der Waals surface area contributed by atoms with Gasteiger partial charge in [0.15, 0.2) is 6.79 Å². The summed E-state index contributed by atoms with van der Waals surface area (Å²) in [6, 6.07) is 11.4. The van der Waals surface area contributed by atoms with Crippen LogP contribution in [0.1, 0.15) is 11.1 Å². The number of aromatic hydroxyl groups is 1. The maximum Gasteiger partial charge on any atom is 0.189 e. The minimum atomic E-state index is 0.294. The Hall–Kier alpha value is -1.95. The summed E-state index contributed by atoms with van der Waals surface area (Å²) >= 11 is 6.25. The molecule has 6 heteroatoms. The van der Waals surface area contributed by atoms with Crippen LogP contribution in [0, 0.1) is 0 Å². The largest absolute Gasteiger partial charge is 0.506 e. The minimum Gasteiger partial charge on any atom is -0.506 e. The number of hydrogen-bond donors (Lipinski definition) is 1. The first kappa shape index (κ1) is 16.5. The van der Waals surface area contributed by atoms with E-state index in [1.54, 1.807) is 6.07 Å². The van der Waals surface area contributed by atoms with Crippen LogP contribution in [0.5, 0.6) is 11.5 Å². The van der Waals surface area contributed by atoms with Gasteiger partial charge in [-0.2, -0.15) is 0 Å². The van der Waals surface area contributed by atoms with Crippen LogP contribution in [0.3, 0.4) is 0 Å². The first-order valence-corrected chi connectivity index (χ1v) is 8.85. The van der Waals surface area contributed by atoms with E-state index in [1.165, 1.54) is 0 Å². The zero-order valence-electron chi connectivity index (χ0n) is 13.9. The molecule has 25 heavy (non-hydrogen) atoms. The first-order valence-electron chi connectivity index (χ1n) is 8.48. The van der Waals surface area contributed by atoms with Crippen molar-refractivity contribution in [1.82, 2.24) is 4.90 Å². The topological polar surface area (TPSA) is 45.2 Å². The predicted molar refractivity (Wildman–Crippen MR) is 97.3 cm³/mol. The van der Waals surface area contributed by atoms with E-state index in [0.29, 0.717) is 19.1 Å². The van der Waals surface area contributed by atoms with E-state index < -0.39 is 0 Å². The van der Waals surface area contributed by atoms with Gasteiger partial charge in [-0.25, -0.2) is 0 Å². The Bertz CT molecular complexity index is 760. The first-order chi connectivity index (χ1) is 12.2. The molecule has 2 aromatic rings. The van der Waals surface area contributed by atoms with Gasteiger partial charge in [0, 0.05) is 48.9 Å². The van der Waals surface area contributed by atoms with Crippen LogP contribution in [-0.2, 0) is 17.9 Å². The van der Waals surface area contributed by atoms with Crippen LogP contribution in [0.4, 0.5) is 5.69 Å². The smallest absolute Gasteiger partial charge is 0.189 e. The van der Waals surface area contributed by atoms with Crippen LogP contribution in [0.2, 0.25) is 5.02 Å². The summed E-state index contributed by atoms with van der Waals surface area (Å²) in [7, 11) is 0. The average molecular weight is 361 g/mol. The molecule has 2 aromatic carbocycles. The third kappa shape index (κ3) is 3.54. The van der Waals surface area contributed by atoms with E-state index in [4.69, 9.17) is 21.1 Å². The second kappa shape index (κ2) is 7.12. The molecule has 2 aliphatic rings. The number of benzene rings is 2. The summed E-state index contributed by atoms with van der Waals surface area (Å²) in [5.74, 6) is 1.26. The van der Waals surface area contributed by atoms with Gasteiger partial charge in [-0.15, -0.1) is 0 Å². The van der Waals surface area contributed by atoms with Crippen LogP contribution in [0.25, 0.3) is 0 Å². The second-order valence-electron chi connectivity index (χ2n) is 6.42. The Morgan fingerprint density at radius 2 is 1.88 bits per heavy atom. The van der Waals surface area contributed by atoms with Crippen LogP contribution < -0.4 is 9.64 Å². The van der Waals surface area contributed by atoms with E-state index in [1.807, 2.05) is 30.3 Å². The van der Waals surface area contributed by atoms with Crippen molar-refractivity contribution in [2.75, 3.05) is 37.9 Å². The fraction of sp³-hybridized carbons (Fsp3) is 0.368. The SMILES string of the molecule is Oc1ccccc1N1CCN(Cc2cc(Cl)cc3c2OCOC3)CC1. The molecule has 0 bridgehead atoms. The molecule has 1 saturated heterocycles. The molecule has 2 heterocycles. The Labute approximate surface area is 152 Å². The zero-order valence-corrected chi connectivity index (χ0v) is 14.7. The number of halogens is 1. The molecule has 0 atom stereocenters. The second-order valence-corrected chi connectivity index (χ2v) is 6.85. The standard InChI is InChI=1S/C19H21ClN2O3/c20-16-9-14(19-15(10-16)12-24-13-25-19)11-21-5-7-22(8-6-21)17-3-1-2-4-18(17)23/h1-4,9-10,23H,5-8,11-13H2. The molecular formula is C19H21ClN2O3. The van der Waals surface area contributed by atoms with E-state index in [-0.39, 0.29) is 0 Å². The molecule has 5 nitrogen and oxygen atoms in total. The van der Waals surface area contributed by atoms with Crippen molar-refractivity contribution in [3.05, 3.63) is 52.5 Å². The van der Waals surface area contributed by atoms with Crippen molar-refractivity contribution in [2.45, 2.75) is 13.2 Å². The molecule has 2 aliphatic heterocycles. The summed E-state index contributed by atoms with van der Waals surface area (Å²) in [5, 5.41) is 10.7. The van der Waals surface area contributed by atoms with Gasteiger partial charge in [0.05, 0.1) is 12.3 Å². The number of ether oxygens (including phenoxy) is 2. The van der Waals surface area contributed by atoms with E-state index >= 15 is 0 Å². The van der Waals surface area contributed by atoms with Crippen LogP contribution in [-0.4, -0.2) is 43.0 Å². The molecule has 0 saturated carbocycles. The highest BCUT2D eigenvalue weighted by Crippen LogP contribution is 2.33. The normalized spacial score (nSPS) is 17.9. The monoisotopic (exact) mass is 360 g/mol. The Balaban J connectivity index is 1.44. The van der Waals surface area contributed by atoms with Crippen molar-refractivity contribution in [1.29, 1.82) is 0 Å². The molecule has 1 fully saturated rings. The maximum absolute atomic E-state index is 10.0. The van der Waals surface area contributed by atoms with Crippen molar-refractivity contribution in [2.24, 2.45) is 0 Å². The van der Waals surface area contributed by atoms with Gasteiger partial charge in [-0.05, 0) is 24.3 Å². The van der Waals surface area contributed by atoms with Crippen molar-refractivity contribution in [3.63, 3.8) is 0 Å². The number of phenols is 1. The molecule has 132 valence electrons. The number of hydrogen-bond acceptors (Lipinski definition) is 5. The van der Waals surface area contributed by atoms with Crippen LogP contribution in [0.15, 0.2) is 36.4 Å². The van der Waals surface area contributed by atoms with Gasteiger partial charge in [0.1, 0.15) is 11.5 Å². The van der Waals surface area contributed by atoms with Crippen molar-refractivity contribution < 1.29 is 14.6 Å². The molecule has 4 rings (SSSR count). The molecule has 0 amide bonds. The molecule has 0 aromatic heterocycles. The zero-order chi connectivity index (χ0) is 17.2. The lowest BCUT2D eigenvalue weighted by molar-refractivity contribution is -0.0174. The summed E-state index contributed by atoms with van der Waals surface area (Å²) in [4.78, 5) is 4.62. The maximum atomic E-state index is 10.0. The van der Waals surface area contributed by atoms with Crippen molar-refractivity contribution >= 4 is 17.3 Å². The lowest BCUT2D eigenvalue weighted by Gasteiger charge is -2.36. The van der Waals surface area contributed by atoms with E-state index in [9.17, 15) is 5.11 Å². The molecular weight excluding hydrogens is 340 g/mol. The Morgan fingerprint density at radius 3 is 2.68 bits per heavy atom. The van der Waals surface area contributed by atoms with E-state index in [2.05, 4.69) is 9.80 Å². The van der Waals surface area contributed by atoms with Gasteiger partial charge >= 0.3 is 0 Å². The lowest BCUT2D eigenvalue weighted by Crippen LogP contribution is -2.46. The highest BCUT2D eigenvalue weighted by atomic mass is 35.5. The lowest BCUT2D eigenvalue weighted by atomic mass is 10.1. The fourth-order valence-corrected chi connectivity index (χ4v) is 3.76. The van der Waals surface area contributed by atoms with Crippen molar-refractivity contribution in [3.8, 4) is 11.5 Å². The molecule has 0 unspecified atom stereocenters. The van der Waals surface area contributed by atoms with E-state index in [0.717, 1.165) is 60.3 Å². The highest BCUT2D eigenvalue weighted by Gasteiger charge is 2.22. The average Bonchev–Trinajstić information content (AvgIpc) is 2.63. The molecule has 1 N–H and O–H groups in total. The number of piperazine rings is 1. The summed E-state index contributed by atoms with van der Waals surface area (Å²) < 4.78 is 11.1. The fourth-order valence-electron chi connectivity index (χ4n) is 3.49. The third-order valence-corrected chi connectivity index (χ3v) is 4.96. The van der Waals surface area contributed by atoms with Gasteiger partial charge < -0.3 is 19.5 Å². The van der Waals surface area contributed by atoms with Gasteiger partial charge in [0.25, 0.3) is 0 Å². The van der Waals surface area contributed by atoms with Gasteiger partial charge in [0.2, 0.25) is 0 Å². The molecule has 0 spiro atoms. The number of fused-ring (bicyclic) bond motifs is 1. The van der Waals surface area contributed by atoms with Gasteiger partial charge in [-0.1, -0.05) is 23.7 Å². The number of phenolic OH excluding ortho intramolecular Hbond substituents is 1. The number of rotatable bonds is 3. The summed E-state index contributed by atoms with van der Waals surface area (Å²) in [6.07, 6.45) is 0. The Morgan fingerprint density at radius 1 is 1.08 bits per heavy atom. The number of anilines is 1. The minimum absolute atomic E-state index is 0.294. The van der Waals surface area contributed by atoms with Crippen LogP contribution >= 0.6 is 11.6 Å². The number of nitrogens with zero attached hydrogens (tertiary/aromatic N) is 2. The highest BCUT2D eigenvalue weighted by molar-refractivity contribution is 6.30. The quantitative estimate of drug-likeness (QED) is 0.910. The predicted octanol–water partition coefficient (Wildman–Crippen LogP) is 3.23. The third-order valence-electron chi connectivity index (χ3n) is 4.74.